The molecule has 2 heterocycles. The SMILES string of the molecule is O=C(CN1CCN(c2ccc(N=CNO)cc2C(F)(F)F)CC1)N1CCOCC1. The van der Waals surface area contributed by atoms with Crippen molar-refractivity contribution in [1.82, 2.24) is 15.3 Å². The number of hydrogen-bond donors (Lipinski definition) is 2. The van der Waals surface area contributed by atoms with Crippen LogP contribution >= 0.6 is 0 Å². The molecule has 0 bridgehead atoms. The van der Waals surface area contributed by atoms with E-state index in [9.17, 15) is 18.0 Å². The molecule has 0 radical (unpaired) electrons. The van der Waals surface area contributed by atoms with E-state index in [2.05, 4.69) is 4.99 Å². The van der Waals surface area contributed by atoms with Crippen molar-refractivity contribution >= 4 is 23.6 Å². The number of ether oxygens (including phenoxy) is 1. The Morgan fingerprint density at radius 1 is 1.17 bits per heavy atom. The maximum Gasteiger partial charge on any atom is 0.418 e. The number of carbonyl (C=O) groups is 1. The predicted molar refractivity (Wildman–Crippen MR) is 101 cm³/mol. The van der Waals surface area contributed by atoms with Crippen molar-refractivity contribution in [2.75, 3.05) is 63.9 Å². The molecule has 2 aliphatic heterocycles. The summed E-state index contributed by atoms with van der Waals surface area (Å²) in [7, 11) is 0. The molecule has 8 nitrogen and oxygen atoms in total. The molecule has 2 saturated heterocycles. The van der Waals surface area contributed by atoms with Crippen LogP contribution in [0, 0.1) is 0 Å². The van der Waals surface area contributed by atoms with Gasteiger partial charge in [0.15, 0.2) is 0 Å². The van der Waals surface area contributed by atoms with Crippen LogP contribution in [0.5, 0.6) is 0 Å². The summed E-state index contributed by atoms with van der Waals surface area (Å²) >= 11 is 0. The standard InChI is InChI=1S/C18H24F3N5O3/c19-18(20,21)15-11-14(22-13-23-28)1-2-16(15)25-5-3-24(4-6-25)12-17(27)26-7-9-29-10-8-26/h1-2,11,13,28H,3-10,12H2,(H,22,23). The number of nitrogens with zero attached hydrogens (tertiary/aromatic N) is 4. The fraction of sp³-hybridized carbons (Fsp3) is 0.556. The largest absolute Gasteiger partial charge is 0.418 e. The number of alkyl halides is 3. The highest BCUT2D eigenvalue weighted by Crippen LogP contribution is 2.39. The first-order valence-electron chi connectivity index (χ1n) is 9.34. The van der Waals surface area contributed by atoms with Crippen molar-refractivity contribution in [3.8, 4) is 0 Å². The van der Waals surface area contributed by atoms with Crippen LogP contribution < -0.4 is 10.4 Å². The zero-order valence-corrected chi connectivity index (χ0v) is 15.9. The minimum Gasteiger partial charge on any atom is -0.378 e. The predicted octanol–water partition coefficient (Wildman–Crippen LogP) is 1.32. The molecular formula is C18H24F3N5O3. The van der Waals surface area contributed by atoms with E-state index in [1.54, 1.807) is 15.3 Å². The van der Waals surface area contributed by atoms with Gasteiger partial charge in [0, 0.05) is 45.0 Å². The van der Waals surface area contributed by atoms with E-state index in [4.69, 9.17) is 9.94 Å². The van der Waals surface area contributed by atoms with Crippen molar-refractivity contribution in [2.45, 2.75) is 6.18 Å². The average molecular weight is 415 g/mol. The van der Waals surface area contributed by atoms with Gasteiger partial charge in [-0.1, -0.05) is 0 Å². The summed E-state index contributed by atoms with van der Waals surface area (Å²) in [5.74, 6) is 0.0254. The van der Waals surface area contributed by atoms with Gasteiger partial charge in [-0.2, -0.15) is 13.2 Å². The van der Waals surface area contributed by atoms with E-state index in [1.165, 1.54) is 12.1 Å². The van der Waals surface area contributed by atoms with Crippen LogP contribution in [0.1, 0.15) is 5.56 Å². The van der Waals surface area contributed by atoms with Crippen molar-refractivity contribution in [1.29, 1.82) is 0 Å². The number of rotatable bonds is 5. The molecule has 3 rings (SSSR count). The Bertz CT molecular complexity index is 730. The van der Waals surface area contributed by atoms with Gasteiger partial charge in [0.2, 0.25) is 5.91 Å². The minimum absolute atomic E-state index is 0.0254. The number of halogens is 3. The van der Waals surface area contributed by atoms with Crippen molar-refractivity contribution in [2.24, 2.45) is 4.99 Å². The van der Waals surface area contributed by atoms with Crippen LogP contribution in [0.25, 0.3) is 0 Å². The zero-order chi connectivity index (χ0) is 20.9. The van der Waals surface area contributed by atoms with E-state index in [-0.39, 0.29) is 23.8 Å². The molecule has 2 aliphatic rings. The van der Waals surface area contributed by atoms with Crippen LogP contribution in [0.3, 0.4) is 0 Å². The highest BCUT2D eigenvalue weighted by atomic mass is 19.4. The first kappa shape index (κ1) is 21.3. The lowest BCUT2D eigenvalue weighted by Gasteiger charge is -2.38. The Balaban J connectivity index is 1.64. The molecule has 1 aromatic rings. The number of nitrogens with one attached hydrogen (secondary N) is 1. The summed E-state index contributed by atoms with van der Waals surface area (Å²) in [6.45, 7) is 4.27. The molecule has 0 saturated carbocycles. The third-order valence-electron chi connectivity index (χ3n) is 4.99. The fourth-order valence-corrected chi connectivity index (χ4v) is 3.46. The van der Waals surface area contributed by atoms with Crippen LogP contribution in [0.4, 0.5) is 24.5 Å². The number of amides is 1. The van der Waals surface area contributed by atoms with Gasteiger partial charge in [-0.15, -0.1) is 0 Å². The normalized spacial score (nSPS) is 19.0. The molecular weight excluding hydrogens is 391 g/mol. The van der Waals surface area contributed by atoms with Gasteiger partial charge < -0.3 is 14.5 Å². The molecule has 2 fully saturated rings. The van der Waals surface area contributed by atoms with Gasteiger partial charge in [0.05, 0.1) is 31.0 Å². The molecule has 0 spiro atoms. The maximum absolute atomic E-state index is 13.5. The average Bonchev–Trinajstić information content (AvgIpc) is 2.72. The van der Waals surface area contributed by atoms with Crippen LogP contribution in [0.15, 0.2) is 23.2 Å². The molecule has 29 heavy (non-hydrogen) atoms. The third kappa shape index (κ3) is 5.58. The lowest BCUT2D eigenvalue weighted by molar-refractivity contribution is -0.137. The van der Waals surface area contributed by atoms with Crippen LogP contribution in [-0.4, -0.2) is 86.3 Å². The second kappa shape index (κ2) is 9.42. The number of piperazine rings is 1. The van der Waals surface area contributed by atoms with Crippen LogP contribution in [0.2, 0.25) is 0 Å². The smallest absolute Gasteiger partial charge is 0.378 e. The molecule has 2 N–H and O–H groups in total. The second-order valence-corrected chi connectivity index (χ2v) is 6.84. The maximum atomic E-state index is 13.5. The number of hydroxylamine groups is 1. The molecule has 0 unspecified atom stereocenters. The lowest BCUT2D eigenvalue weighted by Crippen LogP contribution is -2.51. The second-order valence-electron chi connectivity index (χ2n) is 6.84. The molecule has 0 aromatic heterocycles. The van der Waals surface area contributed by atoms with E-state index in [0.717, 1.165) is 12.4 Å². The molecule has 1 amide bonds. The Labute approximate surface area is 166 Å². The quantitative estimate of drug-likeness (QED) is 0.429. The zero-order valence-electron chi connectivity index (χ0n) is 15.9. The topological polar surface area (TPSA) is 80.6 Å². The molecule has 0 aliphatic carbocycles. The monoisotopic (exact) mass is 415 g/mol. The Morgan fingerprint density at radius 3 is 2.48 bits per heavy atom. The summed E-state index contributed by atoms with van der Waals surface area (Å²) in [5, 5.41) is 8.52. The van der Waals surface area contributed by atoms with Crippen molar-refractivity contribution < 1.29 is 27.9 Å². The highest BCUT2D eigenvalue weighted by molar-refractivity contribution is 5.78. The summed E-state index contributed by atoms with van der Waals surface area (Å²) < 4.78 is 45.9. The Hall–Kier alpha value is -2.37. The van der Waals surface area contributed by atoms with Gasteiger partial charge >= 0.3 is 6.18 Å². The molecule has 1 aromatic carbocycles. The van der Waals surface area contributed by atoms with Crippen molar-refractivity contribution in [3.05, 3.63) is 23.8 Å². The number of carbonyl (C=O) groups excluding carboxylic acids is 1. The number of benzene rings is 1. The Kier molecular flexibility index (Phi) is 6.93. The summed E-state index contributed by atoms with van der Waals surface area (Å²) in [6.07, 6.45) is -3.63. The first-order chi connectivity index (χ1) is 13.9. The van der Waals surface area contributed by atoms with Gasteiger partial charge in [0.25, 0.3) is 0 Å². The summed E-state index contributed by atoms with van der Waals surface area (Å²) in [5.41, 5.74) is 1.07. The minimum atomic E-state index is -4.53. The number of hydrogen-bond acceptors (Lipinski definition) is 6. The Morgan fingerprint density at radius 2 is 1.86 bits per heavy atom. The third-order valence-corrected chi connectivity index (χ3v) is 4.99. The van der Waals surface area contributed by atoms with Gasteiger partial charge in [-0.05, 0) is 18.2 Å². The molecule has 11 heteroatoms. The first-order valence-corrected chi connectivity index (χ1v) is 9.34. The van der Waals surface area contributed by atoms with E-state index in [0.29, 0.717) is 52.5 Å². The van der Waals surface area contributed by atoms with Gasteiger partial charge in [0.1, 0.15) is 6.34 Å². The summed E-state index contributed by atoms with van der Waals surface area (Å²) in [4.78, 5) is 21.5. The van der Waals surface area contributed by atoms with Crippen LogP contribution in [-0.2, 0) is 15.7 Å². The number of morpholine rings is 1. The highest BCUT2D eigenvalue weighted by Gasteiger charge is 2.36. The van der Waals surface area contributed by atoms with E-state index in [1.807, 2.05) is 4.90 Å². The molecule has 0 atom stereocenters. The fourth-order valence-electron chi connectivity index (χ4n) is 3.46. The summed E-state index contributed by atoms with van der Waals surface area (Å²) in [6, 6.07) is 3.81. The number of anilines is 1. The van der Waals surface area contributed by atoms with Gasteiger partial charge in [-0.25, -0.2) is 4.99 Å². The lowest BCUT2D eigenvalue weighted by atomic mass is 10.1. The molecule has 160 valence electrons. The van der Waals surface area contributed by atoms with Gasteiger partial charge in [-0.3, -0.25) is 20.4 Å². The van der Waals surface area contributed by atoms with E-state index < -0.39 is 11.7 Å². The number of aliphatic imine (C=N–C) groups is 1. The van der Waals surface area contributed by atoms with Crippen molar-refractivity contribution in [3.63, 3.8) is 0 Å². The van der Waals surface area contributed by atoms with E-state index >= 15 is 0 Å².